The van der Waals surface area contributed by atoms with Crippen molar-refractivity contribution in [1.82, 2.24) is 19.9 Å². The predicted molar refractivity (Wildman–Crippen MR) is 103 cm³/mol. The molecule has 2 aromatic heterocycles. The monoisotopic (exact) mass is 374 g/mol. The molecule has 1 aromatic carbocycles. The summed E-state index contributed by atoms with van der Waals surface area (Å²) in [5.74, 6) is 1.01. The first-order valence-corrected chi connectivity index (χ1v) is 9.44. The molecular formula is C17H19ClN6S. The summed E-state index contributed by atoms with van der Waals surface area (Å²) in [7, 11) is 0. The Morgan fingerprint density at radius 2 is 1.88 bits per heavy atom. The van der Waals surface area contributed by atoms with Gasteiger partial charge in [-0.2, -0.15) is 4.98 Å². The molecule has 0 spiro atoms. The van der Waals surface area contributed by atoms with E-state index in [0.29, 0.717) is 11.2 Å². The van der Waals surface area contributed by atoms with Gasteiger partial charge < -0.3 is 10.6 Å². The van der Waals surface area contributed by atoms with Crippen LogP contribution >= 0.6 is 22.9 Å². The van der Waals surface area contributed by atoms with E-state index in [1.54, 1.807) is 17.4 Å². The van der Waals surface area contributed by atoms with Crippen LogP contribution in [0.15, 0.2) is 30.3 Å². The van der Waals surface area contributed by atoms with Crippen molar-refractivity contribution in [1.29, 1.82) is 0 Å². The summed E-state index contributed by atoms with van der Waals surface area (Å²) in [6.45, 7) is 5.87. The van der Waals surface area contributed by atoms with Gasteiger partial charge in [-0.1, -0.05) is 23.7 Å². The third-order valence-electron chi connectivity index (χ3n) is 4.55. The van der Waals surface area contributed by atoms with Gasteiger partial charge in [0, 0.05) is 32.2 Å². The predicted octanol–water partition coefficient (Wildman–Crippen LogP) is 3.21. The number of anilines is 2. The third-order valence-corrected chi connectivity index (χ3v) is 5.95. The van der Waals surface area contributed by atoms with Gasteiger partial charge in [-0.3, -0.25) is 4.90 Å². The highest BCUT2D eigenvalue weighted by molar-refractivity contribution is 7.18. The Morgan fingerprint density at radius 3 is 2.60 bits per heavy atom. The highest BCUT2D eigenvalue weighted by Gasteiger charge is 2.25. The van der Waals surface area contributed by atoms with Crippen molar-refractivity contribution in [3.63, 3.8) is 0 Å². The molecule has 1 aliphatic rings. The maximum atomic E-state index is 5.99. The molecule has 4 rings (SSSR count). The average Bonchev–Trinajstić information content (AvgIpc) is 3.04. The fraction of sp³-hybridized carbons (Fsp3) is 0.353. The fourth-order valence-electron chi connectivity index (χ4n) is 3.15. The van der Waals surface area contributed by atoms with Crippen LogP contribution in [0.25, 0.3) is 10.2 Å². The second-order valence-corrected chi connectivity index (χ2v) is 7.58. The van der Waals surface area contributed by atoms with Crippen LogP contribution in [0, 0.1) is 0 Å². The Labute approximate surface area is 155 Å². The average molecular weight is 375 g/mol. The lowest BCUT2D eigenvalue weighted by Gasteiger charge is -2.37. The second kappa shape index (κ2) is 6.74. The zero-order valence-corrected chi connectivity index (χ0v) is 15.5. The van der Waals surface area contributed by atoms with Crippen LogP contribution in [0.4, 0.5) is 11.8 Å². The van der Waals surface area contributed by atoms with Gasteiger partial charge in [-0.25, -0.2) is 9.97 Å². The SMILES string of the molecule is CC(c1nc2ccccc2s1)N1CCN(c2cc(Cl)nc(N)n2)CC1. The summed E-state index contributed by atoms with van der Waals surface area (Å²) >= 11 is 7.77. The molecule has 0 aliphatic carbocycles. The first-order chi connectivity index (χ1) is 12.1. The highest BCUT2D eigenvalue weighted by Crippen LogP contribution is 2.30. The van der Waals surface area contributed by atoms with Crippen molar-refractivity contribution in [3.8, 4) is 0 Å². The Hall–Kier alpha value is -1.96. The van der Waals surface area contributed by atoms with Gasteiger partial charge >= 0.3 is 0 Å². The van der Waals surface area contributed by atoms with Gasteiger partial charge in [0.15, 0.2) is 0 Å². The van der Waals surface area contributed by atoms with Crippen LogP contribution in [0.5, 0.6) is 0 Å². The number of piperazine rings is 1. The number of nitrogens with zero attached hydrogens (tertiary/aromatic N) is 5. The fourth-order valence-corrected chi connectivity index (χ4v) is 4.39. The zero-order chi connectivity index (χ0) is 17.4. The molecule has 3 aromatic rings. The number of hydrogen-bond donors (Lipinski definition) is 1. The highest BCUT2D eigenvalue weighted by atomic mass is 35.5. The van der Waals surface area contributed by atoms with Crippen molar-refractivity contribution < 1.29 is 0 Å². The van der Waals surface area contributed by atoms with Gasteiger partial charge in [-0.05, 0) is 19.1 Å². The molecule has 6 nitrogen and oxygen atoms in total. The Bertz CT molecular complexity index is 836. The van der Waals surface area contributed by atoms with Gasteiger partial charge in [0.2, 0.25) is 5.95 Å². The molecular weight excluding hydrogens is 356 g/mol. The van der Waals surface area contributed by atoms with Crippen LogP contribution in [0.1, 0.15) is 18.0 Å². The van der Waals surface area contributed by atoms with Gasteiger partial charge in [0.25, 0.3) is 0 Å². The van der Waals surface area contributed by atoms with Gasteiger partial charge in [0.1, 0.15) is 16.0 Å². The van der Waals surface area contributed by atoms with E-state index in [0.717, 1.165) is 37.5 Å². The molecule has 0 bridgehead atoms. The molecule has 130 valence electrons. The minimum Gasteiger partial charge on any atom is -0.368 e. The van der Waals surface area contributed by atoms with Gasteiger partial charge in [0.05, 0.1) is 16.3 Å². The van der Waals surface area contributed by atoms with E-state index < -0.39 is 0 Å². The number of fused-ring (bicyclic) bond motifs is 1. The van der Waals surface area contributed by atoms with Crippen LogP contribution in [-0.4, -0.2) is 46.0 Å². The van der Waals surface area contributed by atoms with E-state index >= 15 is 0 Å². The summed E-state index contributed by atoms with van der Waals surface area (Å²) in [5, 5.41) is 1.55. The lowest BCUT2D eigenvalue weighted by molar-refractivity contribution is 0.198. The van der Waals surface area contributed by atoms with Crippen molar-refractivity contribution >= 4 is 44.9 Å². The number of hydrogen-bond acceptors (Lipinski definition) is 7. The maximum absolute atomic E-state index is 5.99. The van der Waals surface area contributed by atoms with Crippen molar-refractivity contribution in [2.24, 2.45) is 0 Å². The summed E-state index contributed by atoms with van der Waals surface area (Å²) in [6.07, 6.45) is 0. The van der Waals surface area contributed by atoms with Crippen LogP contribution in [-0.2, 0) is 0 Å². The number of para-hydroxylation sites is 1. The first-order valence-electron chi connectivity index (χ1n) is 8.24. The number of thiazole rings is 1. The van der Waals surface area contributed by atoms with Crippen molar-refractivity contribution in [2.45, 2.75) is 13.0 Å². The largest absolute Gasteiger partial charge is 0.368 e. The topological polar surface area (TPSA) is 71.2 Å². The van der Waals surface area contributed by atoms with Crippen LogP contribution in [0.2, 0.25) is 5.15 Å². The minimum atomic E-state index is 0.216. The van der Waals surface area contributed by atoms with Crippen molar-refractivity contribution in [3.05, 3.63) is 40.5 Å². The number of rotatable bonds is 3. The zero-order valence-electron chi connectivity index (χ0n) is 13.9. The van der Waals surface area contributed by atoms with Crippen LogP contribution < -0.4 is 10.6 Å². The first kappa shape index (κ1) is 16.5. The maximum Gasteiger partial charge on any atom is 0.223 e. The molecule has 1 atom stereocenters. The standard InChI is InChI=1S/C17H19ClN6S/c1-11(16-20-12-4-2-3-5-13(12)25-16)23-6-8-24(9-7-23)15-10-14(18)21-17(19)22-15/h2-5,10-11H,6-9H2,1H3,(H2,19,21,22). The molecule has 3 heterocycles. The summed E-state index contributed by atoms with van der Waals surface area (Å²) in [5.41, 5.74) is 6.79. The molecule has 1 aliphatic heterocycles. The number of nitrogens with two attached hydrogens (primary N) is 1. The lowest BCUT2D eigenvalue weighted by Crippen LogP contribution is -2.47. The number of halogens is 1. The quantitative estimate of drug-likeness (QED) is 0.710. The minimum absolute atomic E-state index is 0.216. The van der Waals surface area contributed by atoms with E-state index in [-0.39, 0.29) is 5.95 Å². The lowest BCUT2D eigenvalue weighted by atomic mass is 10.2. The second-order valence-electron chi connectivity index (χ2n) is 6.13. The van der Waals surface area contributed by atoms with Gasteiger partial charge in [-0.15, -0.1) is 11.3 Å². The Balaban J connectivity index is 1.45. The molecule has 1 saturated heterocycles. The van der Waals surface area contributed by atoms with Crippen molar-refractivity contribution in [2.75, 3.05) is 36.8 Å². The summed E-state index contributed by atoms with van der Waals surface area (Å²) in [6, 6.07) is 10.4. The Kier molecular flexibility index (Phi) is 4.45. The molecule has 1 fully saturated rings. The molecule has 0 amide bonds. The van der Waals surface area contributed by atoms with E-state index in [2.05, 4.69) is 44.9 Å². The third kappa shape index (κ3) is 3.40. The summed E-state index contributed by atoms with van der Waals surface area (Å²) in [4.78, 5) is 17.7. The van der Waals surface area contributed by atoms with Crippen LogP contribution in [0.3, 0.4) is 0 Å². The molecule has 0 radical (unpaired) electrons. The van der Waals surface area contributed by atoms with E-state index in [1.807, 2.05) is 6.07 Å². The number of aromatic nitrogens is 3. The number of nitrogen functional groups attached to an aromatic ring is 1. The van der Waals surface area contributed by atoms with E-state index in [9.17, 15) is 0 Å². The Morgan fingerprint density at radius 1 is 1.12 bits per heavy atom. The molecule has 1 unspecified atom stereocenters. The van der Waals surface area contributed by atoms with E-state index in [1.165, 1.54) is 9.71 Å². The molecule has 25 heavy (non-hydrogen) atoms. The van der Waals surface area contributed by atoms with E-state index in [4.69, 9.17) is 22.3 Å². The summed E-state index contributed by atoms with van der Waals surface area (Å²) < 4.78 is 1.24. The number of benzene rings is 1. The normalized spacial score (nSPS) is 17.1. The molecule has 8 heteroatoms. The molecule has 2 N–H and O–H groups in total. The molecule has 0 saturated carbocycles. The smallest absolute Gasteiger partial charge is 0.223 e.